The summed E-state index contributed by atoms with van der Waals surface area (Å²) >= 11 is 11.8. The van der Waals surface area contributed by atoms with Gasteiger partial charge in [0.25, 0.3) is 0 Å². The number of furan rings is 1. The minimum absolute atomic E-state index is 0.195. The Hall–Kier alpha value is -1.77. The van der Waals surface area contributed by atoms with Crippen molar-refractivity contribution < 1.29 is 9.21 Å². The van der Waals surface area contributed by atoms with Gasteiger partial charge in [-0.15, -0.1) is 0 Å². The molecular weight excluding hydrogens is 307 g/mol. The molecule has 0 bridgehead atoms. The van der Waals surface area contributed by atoms with Crippen LogP contribution in [0.3, 0.4) is 0 Å². The fraction of sp³-hybridized carbons (Fsp3) is 0.118. The number of aryl methyl sites for hydroxylation is 2. The molecule has 2 aromatic carbocycles. The number of carbonyl (C=O) groups is 1. The highest BCUT2D eigenvalue weighted by atomic mass is 35.5. The molecule has 0 aliphatic rings. The number of halogens is 2. The molecule has 0 atom stereocenters. The second-order valence-electron chi connectivity index (χ2n) is 5.01. The van der Waals surface area contributed by atoms with Gasteiger partial charge in [-0.05, 0) is 43.7 Å². The highest BCUT2D eigenvalue weighted by Crippen LogP contribution is 2.29. The van der Waals surface area contributed by atoms with Gasteiger partial charge in [0.15, 0.2) is 5.76 Å². The van der Waals surface area contributed by atoms with Gasteiger partial charge in [-0.1, -0.05) is 35.3 Å². The molecular formula is C17H12Cl2O2. The Kier molecular flexibility index (Phi) is 3.52. The lowest BCUT2D eigenvalue weighted by atomic mass is 10.0. The zero-order valence-electron chi connectivity index (χ0n) is 11.5. The SMILES string of the molecule is Cc1ccc2c(C)c(C(=O)c3ccc(Cl)c(Cl)c3)oc2c1. The van der Waals surface area contributed by atoms with Crippen LogP contribution in [-0.2, 0) is 0 Å². The quantitative estimate of drug-likeness (QED) is 0.577. The van der Waals surface area contributed by atoms with E-state index in [1.807, 2.05) is 32.0 Å². The molecule has 0 unspecified atom stereocenters. The van der Waals surface area contributed by atoms with Gasteiger partial charge in [0.1, 0.15) is 5.58 Å². The smallest absolute Gasteiger partial charge is 0.228 e. The Morgan fingerprint density at radius 1 is 1.00 bits per heavy atom. The average molecular weight is 319 g/mol. The zero-order chi connectivity index (χ0) is 15.1. The lowest BCUT2D eigenvalue weighted by molar-refractivity contribution is 0.101. The number of carbonyl (C=O) groups excluding carboxylic acids is 1. The monoisotopic (exact) mass is 318 g/mol. The standard InChI is InChI=1S/C17H12Cl2O2/c1-9-3-5-12-10(2)17(21-15(12)7-9)16(20)11-4-6-13(18)14(19)8-11/h3-8H,1-2H3. The Labute approximate surface area is 132 Å². The van der Waals surface area contributed by atoms with E-state index >= 15 is 0 Å². The normalized spacial score (nSPS) is 11.0. The predicted octanol–water partition coefficient (Wildman–Crippen LogP) is 5.59. The van der Waals surface area contributed by atoms with Crippen LogP contribution in [0.25, 0.3) is 11.0 Å². The van der Waals surface area contributed by atoms with E-state index in [9.17, 15) is 4.79 Å². The Morgan fingerprint density at radius 3 is 2.48 bits per heavy atom. The van der Waals surface area contributed by atoms with Crippen LogP contribution >= 0.6 is 23.2 Å². The molecule has 0 saturated heterocycles. The van der Waals surface area contributed by atoms with Gasteiger partial charge in [0.05, 0.1) is 10.0 Å². The van der Waals surface area contributed by atoms with Crippen molar-refractivity contribution in [2.24, 2.45) is 0 Å². The molecule has 1 aromatic heterocycles. The van der Waals surface area contributed by atoms with Crippen molar-refractivity contribution in [3.63, 3.8) is 0 Å². The third-order valence-electron chi connectivity index (χ3n) is 3.48. The molecule has 21 heavy (non-hydrogen) atoms. The van der Waals surface area contributed by atoms with Gasteiger partial charge in [-0.25, -0.2) is 0 Å². The van der Waals surface area contributed by atoms with Crippen molar-refractivity contribution >= 4 is 40.0 Å². The first-order valence-corrected chi connectivity index (χ1v) is 7.22. The predicted molar refractivity (Wildman–Crippen MR) is 85.6 cm³/mol. The molecule has 0 aliphatic carbocycles. The topological polar surface area (TPSA) is 30.2 Å². The third-order valence-corrected chi connectivity index (χ3v) is 4.22. The zero-order valence-corrected chi connectivity index (χ0v) is 13.0. The van der Waals surface area contributed by atoms with Crippen LogP contribution in [0, 0.1) is 13.8 Å². The Balaban J connectivity index is 2.13. The van der Waals surface area contributed by atoms with E-state index < -0.39 is 0 Å². The molecule has 0 saturated carbocycles. The summed E-state index contributed by atoms with van der Waals surface area (Å²) in [6.45, 7) is 3.86. The second kappa shape index (κ2) is 5.21. The molecule has 3 rings (SSSR count). The van der Waals surface area contributed by atoms with Crippen LogP contribution in [0.1, 0.15) is 27.2 Å². The van der Waals surface area contributed by atoms with E-state index in [1.165, 1.54) is 0 Å². The van der Waals surface area contributed by atoms with Crippen LogP contribution in [0.15, 0.2) is 40.8 Å². The van der Waals surface area contributed by atoms with E-state index in [0.29, 0.717) is 21.4 Å². The van der Waals surface area contributed by atoms with Crippen LogP contribution in [0.2, 0.25) is 10.0 Å². The largest absolute Gasteiger partial charge is 0.452 e. The van der Waals surface area contributed by atoms with Crippen LogP contribution in [0.5, 0.6) is 0 Å². The highest BCUT2D eigenvalue weighted by Gasteiger charge is 2.19. The van der Waals surface area contributed by atoms with E-state index in [2.05, 4.69) is 0 Å². The average Bonchev–Trinajstić information content (AvgIpc) is 2.77. The Bertz CT molecular complexity index is 863. The number of hydrogen-bond donors (Lipinski definition) is 0. The fourth-order valence-electron chi connectivity index (χ4n) is 2.32. The van der Waals surface area contributed by atoms with Crippen molar-refractivity contribution in [3.05, 3.63) is 68.9 Å². The third kappa shape index (κ3) is 2.45. The number of rotatable bonds is 2. The lowest BCUT2D eigenvalue weighted by Gasteiger charge is -2.01. The van der Waals surface area contributed by atoms with Crippen molar-refractivity contribution in [1.29, 1.82) is 0 Å². The summed E-state index contributed by atoms with van der Waals surface area (Å²) < 4.78 is 5.74. The maximum atomic E-state index is 12.6. The molecule has 0 radical (unpaired) electrons. The fourth-order valence-corrected chi connectivity index (χ4v) is 2.62. The number of fused-ring (bicyclic) bond motifs is 1. The second-order valence-corrected chi connectivity index (χ2v) is 5.83. The lowest BCUT2D eigenvalue weighted by Crippen LogP contribution is -2.01. The summed E-state index contributed by atoms with van der Waals surface area (Å²) in [5.41, 5.74) is 3.10. The van der Waals surface area contributed by atoms with Gasteiger partial charge in [-0.2, -0.15) is 0 Å². The van der Waals surface area contributed by atoms with Gasteiger partial charge in [0.2, 0.25) is 5.78 Å². The number of ketones is 1. The molecule has 0 N–H and O–H groups in total. The molecule has 0 aliphatic heterocycles. The molecule has 4 heteroatoms. The molecule has 0 spiro atoms. The molecule has 0 amide bonds. The Morgan fingerprint density at radius 2 is 1.76 bits per heavy atom. The van der Waals surface area contributed by atoms with E-state index in [0.717, 1.165) is 22.1 Å². The van der Waals surface area contributed by atoms with Crippen molar-refractivity contribution in [1.82, 2.24) is 0 Å². The number of hydrogen-bond acceptors (Lipinski definition) is 2. The summed E-state index contributed by atoms with van der Waals surface area (Å²) in [4.78, 5) is 12.6. The summed E-state index contributed by atoms with van der Waals surface area (Å²) in [5, 5.41) is 1.72. The van der Waals surface area contributed by atoms with Gasteiger partial charge in [0, 0.05) is 16.5 Å². The van der Waals surface area contributed by atoms with Gasteiger partial charge in [-0.3, -0.25) is 4.79 Å². The van der Waals surface area contributed by atoms with Gasteiger partial charge < -0.3 is 4.42 Å². The highest BCUT2D eigenvalue weighted by molar-refractivity contribution is 6.42. The first-order chi connectivity index (χ1) is 9.97. The van der Waals surface area contributed by atoms with Crippen molar-refractivity contribution in [2.45, 2.75) is 13.8 Å². The summed E-state index contributed by atoms with van der Waals surface area (Å²) in [7, 11) is 0. The molecule has 1 heterocycles. The maximum absolute atomic E-state index is 12.6. The van der Waals surface area contributed by atoms with Crippen molar-refractivity contribution in [2.75, 3.05) is 0 Å². The summed E-state index contributed by atoms with van der Waals surface area (Å²) in [5.74, 6) is 0.147. The minimum Gasteiger partial charge on any atom is -0.452 e. The van der Waals surface area contributed by atoms with Crippen LogP contribution in [0.4, 0.5) is 0 Å². The first-order valence-electron chi connectivity index (χ1n) is 6.47. The van der Waals surface area contributed by atoms with Crippen LogP contribution < -0.4 is 0 Å². The van der Waals surface area contributed by atoms with E-state index in [1.54, 1.807) is 18.2 Å². The summed E-state index contributed by atoms with van der Waals surface area (Å²) in [6, 6.07) is 10.7. The summed E-state index contributed by atoms with van der Waals surface area (Å²) in [6.07, 6.45) is 0. The minimum atomic E-state index is -0.195. The van der Waals surface area contributed by atoms with Gasteiger partial charge >= 0.3 is 0 Å². The molecule has 3 aromatic rings. The van der Waals surface area contributed by atoms with E-state index in [4.69, 9.17) is 27.6 Å². The molecule has 0 fully saturated rings. The van der Waals surface area contributed by atoms with Crippen molar-refractivity contribution in [3.8, 4) is 0 Å². The number of benzene rings is 2. The first kappa shape index (κ1) is 14.2. The van der Waals surface area contributed by atoms with E-state index in [-0.39, 0.29) is 5.78 Å². The molecule has 2 nitrogen and oxygen atoms in total. The maximum Gasteiger partial charge on any atom is 0.228 e. The molecule has 106 valence electrons. The van der Waals surface area contributed by atoms with Crippen LogP contribution in [-0.4, -0.2) is 5.78 Å².